The van der Waals surface area contributed by atoms with Crippen LogP contribution in [0, 0.1) is 0 Å². The SMILES string of the molecule is CCN1CC(c2ccccc2)NC1=NCc1csc(COC)n1. The van der Waals surface area contributed by atoms with Crippen molar-refractivity contribution in [2.45, 2.75) is 26.1 Å². The van der Waals surface area contributed by atoms with Gasteiger partial charge in [-0.2, -0.15) is 0 Å². The van der Waals surface area contributed by atoms with Crippen molar-refractivity contribution in [2.24, 2.45) is 4.99 Å². The molecule has 0 spiro atoms. The molecule has 3 rings (SSSR count). The summed E-state index contributed by atoms with van der Waals surface area (Å²) in [7, 11) is 1.69. The van der Waals surface area contributed by atoms with Crippen LogP contribution in [0.25, 0.3) is 0 Å². The van der Waals surface area contributed by atoms with E-state index in [0.717, 1.165) is 29.8 Å². The zero-order valence-electron chi connectivity index (χ0n) is 13.5. The molecule has 2 heterocycles. The lowest BCUT2D eigenvalue weighted by Crippen LogP contribution is -2.30. The van der Waals surface area contributed by atoms with Crippen LogP contribution >= 0.6 is 11.3 Å². The van der Waals surface area contributed by atoms with E-state index < -0.39 is 0 Å². The minimum absolute atomic E-state index is 0.300. The molecule has 0 saturated carbocycles. The van der Waals surface area contributed by atoms with Gasteiger partial charge in [0.15, 0.2) is 5.96 Å². The van der Waals surface area contributed by atoms with Gasteiger partial charge in [-0.15, -0.1) is 11.3 Å². The van der Waals surface area contributed by atoms with E-state index in [1.54, 1.807) is 18.4 Å². The van der Waals surface area contributed by atoms with Gasteiger partial charge in [-0.25, -0.2) is 9.98 Å². The normalized spacial score (nSPS) is 19.3. The Morgan fingerprint density at radius 1 is 1.39 bits per heavy atom. The second kappa shape index (κ2) is 7.57. The number of benzene rings is 1. The molecule has 1 aliphatic heterocycles. The van der Waals surface area contributed by atoms with Crippen LogP contribution in [0.5, 0.6) is 0 Å². The molecule has 0 radical (unpaired) electrons. The first-order valence-electron chi connectivity index (χ1n) is 7.83. The van der Waals surface area contributed by atoms with Gasteiger partial charge < -0.3 is 15.0 Å². The van der Waals surface area contributed by atoms with Crippen LogP contribution < -0.4 is 5.32 Å². The van der Waals surface area contributed by atoms with Crippen molar-refractivity contribution < 1.29 is 4.74 Å². The first kappa shape index (κ1) is 16.0. The lowest BCUT2D eigenvalue weighted by molar-refractivity contribution is 0.184. The molecule has 6 heteroatoms. The van der Waals surface area contributed by atoms with Gasteiger partial charge in [-0.05, 0) is 12.5 Å². The number of nitrogens with one attached hydrogen (secondary N) is 1. The van der Waals surface area contributed by atoms with Crippen molar-refractivity contribution in [1.29, 1.82) is 0 Å². The third-order valence-electron chi connectivity index (χ3n) is 3.85. The second-order valence-electron chi connectivity index (χ2n) is 5.45. The number of nitrogens with zero attached hydrogens (tertiary/aromatic N) is 3. The van der Waals surface area contributed by atoms with E-state index in [1.807, 2.05) is 6.07 Å². The van der Waals surface area contributed by atoms with Crippen LogP contribution in [0.15, 0.2) is 40.7 Å². The minimum atomic E-state index is 0.300. The summed E-state index contributed by atoms with van der Waals surface area (Å²) in [5.74, 6) is 0.961. The van der Waals surface area contributed by atoms with Gasteiger partial charge in [0.05, 0.1) is 24.9 Å². The summed E-state index contributed by atoms with van der Waals surface area (Å²) in [6, 6.07) is 10.8. The van der Waals surface area contributed by atoms with Crippen molar-refractivity contribution in [1.82, 2.24) is 15.2 Å². The predicted octanol–water partition coefficient (Wildman–Crippen LogP) is 2.81. The van der Waals surface area contributed by atoms with E-state index in [9.17, 15) is 0 Å². The molecule has 2 aromatic rings. The largest absolute Gasteiger partial charge is 0.378 e. The highest BCUT2D eigenvalue weighted by atomic mass is 32.1. The number of aromatic nitrogens is 1. The number of rotatable bonds is 6. The van der Waals surface area contributed by atoms with Crippen molar-refractivity contribution in [3.63, 3.8) is 0 Å². The van der Waals surface area contributed by atoms with E-state index in [1.165, 1.54) is 5.56 Å². The molecule has 1 unspecified atom stereocenters. The van der Waals surface area contributed by atoms with E-state index in [0.29, 0.717) is 19.2 Å². The maximum atomic E-state index is 5.11. The van der Waals surface area contributed by atoms with Gasteiger partial charge in [-0.1, -0.05) is 30.3 Å². The smallest absolute Gasteiger partial charge is 0.194 e. The highest BCUT2D eigenvalue weighted by Gasteiger charge is 2.26. The average Bonchev–Trinajstić information content (AvgIpc) is 3.20. The zero-order valence-corrected chi connectivity index (χ0v) is 14.3. The number of guanidine groups is 1. The fourth-order valence-corrected chi connectivity index (χ4v) is 3.42. The van der Waals surface area contributed by atoms with Crippen molar-refractivity contribution >= 4 is 17.3 Å². The fraction of sp³-hybridized carbons (Fsp3) is 0.412. The Morgan fingerprint density at radius 3 is 2.96 bits per heavy atom. The summed E-state index contributed by atoms with van der Waals surface area (Å²) in [5, 5.41) is 6.59. The Hall–Kier alpha value is -1.92. The molecule has 1 N–H and O–H groups in total. The van der Waals surface area contributed by atoms with Gasteiger partial charge in [0, 0.05) is 25.6 Å². The molecule has 1 fully saturated rings. The number of aliphatic imine (C=N–C) groups is 1. The molecule has 0 bridgehead atoms. The molecule has 0 amide bonds. The van der Waals surface area contributed by atoms with E-state index >= 15 is 0 Å². The lowest BCUT2D eigenvalue weighted by Gasteiger charge is -2.14. The van der Waals surface area contributed by atoms with Gasteiger partial charge in [0.2, 0.25) is 0 Å². The summed E-state index contributed by atoms with van der Waals surface area (Å²) in [5.41, 5.74) is 2.29. The monoisotopic (exact) mass is 330 g/mol. The first-order valence-corrected chi connectivity index (χ1v) is 8.71. The van der Waals surface area contributed by atoms with Crippen LogP contribution in [0.2, 0.25) is 0 Å². The van der Waals surface area contributed by atoms with Crippen LogP contribution in [-0.2, 0) is 17.9 Å². The Kier molecular flexibility index (Phi) is 5.25. The van der Waals surface area contributed by atoms with Crippen molar-refractivity contribution in [3.8, 4) is 0 Å². The average molecular weight is 330 g/mol. The number of ether oxygens (including phenoxy) is 1. The molecule has 5 nitrogen and oxygen atoms in total. The molecule has 1 atom stereocenters. The van der Waals surface area contributed by atoms with Crippen LogP contribution in [0.3, 0.4) is 0 Å². The molecule has 1 aromatic heterocycles. The number of thiazole rings is 1. The zero-order chi connectivity index (χ0) is 16.1. The van der Waals surface area contributed by atoms with Gasteiger partial charge >= 0.3 is 0 Å². The number of hydrogen-bond acceptors (Lipinski definition) is 4. The van der Waals surface area contributed by atoms with Gasteiger partial charge in [-0.3, -0.25) is 0 Å². The molecule has 0 aliphatic carbocycles. The minimum Gasteiger partial charge on any atom is -0.378 e. The van der Waals surface area contributed by atoms with Crippen LogP contribution in [0.4, 0.5) is 0 Å². The van der Waals surface area contributed by atoms with E-state index in [-0.39, 0.29) is 0 Å². The molecule has 1 saturated heterocycles. The summed E-state index contributed by atoms with van der Waals surface area (Å²) in [6.07, 6.45) is 0. The molecule has 1 aromatic carbocycles. The standard InChI is InChI=1S/C17H22N4OS/c1-3-21-10-15(13-7-5-4-6-8-13)20-17(21)18-9-14-12-23-16(19-14)11-22-2/h4-8,12,15H,3,9-11H2,1-2H3,(H,18,20). The summed E-state index contributed by atoms with van der Waals surface area (Å²) in [4.78, 5) is 11.5. The van der Waals surface area contributed by atoms with Crippen molar-refractivity contribution in [3.05, 3.63) is 52.0 Å². The highest BCUT2D eigenvalue weighted by molar-refractivity contribution is 7.09. The summed E-state index contributed by atoms with van der Waals surface area (Å²) >= 11 is 1.62. The summed E-state index contributed by atoms with van der Waals surface area (Å²) < 4.78 is 5.11. The Morgan fingerprint density at radius 2 is 2.22 bits per heavy atom. The number of methoxy groups -OCH3 is 1. The van der Waals surface area contributed by atoms with Gasteiger partial charge in [0.1, 0.15) is 5.01 Å². The maximum absolute atomic E-state index is 5.11. The Labute approximate surface area is 141 Å². The highest BCUT2D eigenvalue weighted by Crippen LogP contribution is 2.20. The van der Waals surface area contributed by atoms with Crippen LogP contribution in [-0.4, -0.2) is 36.0 Å². The van der Waals surface area contributed by atoms with Crippen LogP contribution in [0.1, 0.15) is 29.2 Å². The number of hydrogen-bond donors (Lipinski definition) is 1. The van der Waals surface area contributed by atoms with Gasteiger partial charge in [0.25, 0.3) is 0 Å². The van der Waals surface area contributed by atoms with Crippen molar-refractivity contribution in [2.75, 3.05) is 20.2 Å². The van der Waals surface area contributed by atoms with E-state index in [4.69, 9.17) is 9.73 Å². The molecule has 122 valence electrons. The Balaban J connectivity index is 1.67. The second-order valence-corrected chi connectivity index (χ2v) is 6.39. The first-order chi connectivity index (χ1) is 11.3. The number of likely N-dealkylation sites (N-methyl/N-ethyl adjacent to an activating group) is 1. The lowest BCUT2D eigenvalue weighted by atomic mass is 10.1. The third kappa shape index (κ3) is 3.89. The predicted molar refractivity (Wildman–Crippen MR) is 93.5 cm³/mol. The molecule has 1 aliphatic rings. The van der Waals surface area contributed by atoms with E-state index in [2.05, 4.69) is 51.8 Å². The molecular weight excluding hydrogens is 308 g/mol. The Bertz CT molecular complexity index is 656. The molecular formula is C17H22N4OS. The summed E-state index contributed by atoms with van der Waals surface area (Å²) in [6.45, 7) is 5.22. The topological polar surface area (TPSA) is 49.8 Å². The molecule has 23 heavy (non-hydrogen) atoms. The quantitative estimate of drug-likeness (QED) is 0.885. The third-order valence-corrected chi connectivity index (χ3v) is 4.72. The maximum Gasteiger partial charge on any atom is 0.194 e. The fourth-order valence-electron chi connectivity index (χ4n) is 2.67.